The average Bonchev–Trinajstić information content (AvgIpc) is 2.36. The number of hydrogen-bond donors (Lipinski definition) is 2. The molecule has 1 rings (SSSR count). The number of carboxylic acid groups (broad SMARTS) is 1. The molecule has 0 spiro atoms. The van der Waals surface area contributed by atoms with Crippen LogP contribution in [0.4, 0.5) is 0 Å². The number of nitrogens with one attached hydrogen (secondary N) is 1. The van der Waals surface area contributed by atoms with E-state index in [4.69, 9.17) is 9.84 Å². The quantitative estimate of drug-likeness (QED) is 0.820. The minimum atomic E-state index is -1.07. The molecule has 0 bridgehead atoms. The molecule has 2 N–H and O–H groups in total. The fourth-order valence-corrected chi connectivity index (χ4v) is 1.50. The van der Waals surface area contributed by atoms with E-state index < -0.39 is 24.0 Å². The normalized spacial score (nSPS) is 13.7. The minimum Gasteiger partial charge on any atom is -0.480 e. The van der Waals surface area contributed by atoms with E-state index in [0.717, 1.165) is 0 Å². The predicted molar refractivity (Wildman–Crippen MR) is 70.9 cm³/mol. The van der Waals surface area contributed by atoms with Crippen LogP contribution in [-0.4, -0.2) is 29.1 Å². The first-order chi connectivity index (χ1) is 8.91. The molecule has 1 amide bonds. The molecule has 0 saturated heterocycles. The Morgan fingerprint density at radius 1 is 1.16 bits per heavy atom. The summed E-state index contributed by atoms with van der Waals surface area (Å²) in [5.74, 6) is -0.982. The van der Waals surface area contributed by atoms with E-state index in [0.29, 0.717) is 5.75 Å². The molecule has 5 heteroatoms. The molecule has 0 heterocycles. The van der Waals surface area contributed by atoms with Crippen molar-refractivity contribution in [2.75, 3.05) is 0 Å². The van der Waals surface area contributed by atoms with E-state index in [9.17, 15) is 9.59 Å². The molecule has 104 valence electrons. The highest BCUT2D eigenvalue weighted by Crippen LogP contribution is 2.15. The Hall–Kier alpha value is -2.04. The number of aliphatic carboxylic acids is 1. The molecule has 0 radical (unpaired) electrons. The molecule has 5 nitrogen and oxygen atoms in total. The molecule has 2 atom stereocenters. The first-order valence-corrected chi connectivity index (χ1v) is 6.16. The zero-order chi connectivity index (χ0) is 14.4. The van der Waals surface area contributed by atoms with Gasteiger partial charge in [0, 0.05) is 0 Å². The maximum absolute atomic E-state index is 12.0. The summed E-state index contributed by atoms with van der Waals surface area (Å²) in [6.45, 7) is 5.11. The summed E-state index contributed by atoms with van der Waals surface area (Å²) in [4.78, 5) is 22.7. The summed E-state index contributed by atoms with van der Waals surface area (Å²) < 4.78 is 5.61. The van der Waals surface area contributed by atoms with Crippen molar-refractivity contribution in [2.24, 2.45) is 5.92 Å². The van der Waals surface area contributed by atoms with Gasteiger partial charge in [-0.25, -0.2) is 0 Å². The summed E-state index contributed by atoms with van der Waals surface area (Å²) in [7, 11) is 0. The molecule has 2 unspecified atom stereocenters. The lowest BCUT2D eigenvalue weighted by Crippen LogP contribution is -2.47. The van der Waals surface area contributed by atoms with Crippen LogP contribution in [0.5, 0.6) is 5.75 Å². The van der Waals surface area contributed by atoms with Gasteiger partial charge in [0.05, 0.1) is 0 Å². The highest BCUT2D eigenvalue weighted by Gasteiger charge is 2.26. The molecule has 1 aromatic carbocycles. The number of para-hydroxylation sites is 1. The van der Waals surface area contributed by atoms with Crippen molar-refractivity contribution in [1.82, 2.24) is 5.32 Å². The number of benzene rings is 1. The number of carbonyl (C=O) groups is 2. The van der Waals surface area contributed by atoms with Crippen LogP contribution < -0.4 is 10.1 Å². The van der Waals surface area contributed by atoms with Crippen LogP contribution in [-0.2, 0) is 9.59 Å². The molecule has 1 aromatic rings. The number of carboxylic acids is 1. The van der Waals surface area contributed by atoms with Gasteiger partial charge in [-0.1, -0.05) is 32.0 Å². The Labute approximate surface area is 112 Å². The Bertz CT molecular complexity index is 430. The number of rotatable bonds is 6. The Morgan fingerprint density at radius 3 is 2.21 bits per heavy atom. The fourth-order valence-electron chi connectivity index (χ4n) is 1.50. The topological polar surface area (TPSA) is 75.6 Å². The highest BCUT2D eigenvalue weighted by atomic mass is 16.5. The summed E-state index contributed by atoms with van der Waals surface area (Å²) in [6.07, 6.45) is -0.718. The molecule has 0 saturated carbocycles. The van der Waals surface area contributed by atoms with Crippen molar-refractivity contribution in [1.29, 1.82) is 0 Å². The molecule has 0 aromatic heterocycles. The van der Waals surface area contributed by atoms with E-state index in [1.807, 2.05) is 32.0 Å². The van der Waals surface area contributed by atoms with Crippen LogP contribution in [0.25, 0.3) is 0 Å². The Balaban J connectivity index is 2.72. The molecule has 0 aliphatic rings. The summed E-state index contributed by atoms with van der Waals surface area (Å²) in [5, 5.41) is 11.2. The van der Waals surface area contributed by atoms with Gasteiger partial charge in [-0.2, -0.15) is 0 Å². The van der Waals surface area contributed by atoms with Gasteiger partial charge in [0.1, 0.15) is 11.8 Å². The van der Waals surface area contributed by atoms with Crippen molar-refractivity contribution in [3.05, 3.63) is 30.3 Å². The van der Waals surface area contributed by atoms with Gasteiger partial charge in [0.15, 0.2) is 6.10 Å². The predicted octanol–water partition coefficient (Wildman–Crippen LogP) is 1.68. The standard InChI is InChI=1S/C14H19NO4/c1-9(2)12(13(16)15-10(3)14(17)18)19-11-7-5-4-6-8-11/h4-10,12H,1-3H3,(H,15,16)(H,17,18). The van der Waals surface area contributed by atoms with Crippen molar-refractivity contribution >= 4 is 11.9 Å². The maximum Gasteiger partial charge on any atom is 0.325 e. The van der Waals surface area contributed by atoms with Crippen LogP contribution in [0.3, 0.4) is 0 Å². The highest BCUT2D eigenvalue weighted by molar-refractivity contribution is 5.86. The van der Waals surface area contributed by atoms with Gasteiger partial charge >= 0.3 is 5.97 Å². The smallest absolute Gasteiger partial charge is 0.325 e. The second kappa shape index (κ2) is 6.78. The Morgan fingerprint density at radius 2 is 1.74 bits per heavy atom. The first kappa shape index (κ1) is 15.0. The molecule has 0 aliphatic carbocycles. The van der Waals surface area contributed by atoms with Gasteiger partial charge in [0.25, 0.3) is 5.91 Å². The average molecular weight is 265 g/mol. The second-order valence-corrected chi connectivity index (χ2v) is 4.66. The zero-order valence-electron chi connectivity index (χ0n) is 11.3. The van der Waals surface area contributed by atoms with Crippen LogP contribution in [0, 0.1) is 5.92 Å². The van der Waals surface area contributed by atoms with Crippen molar-refractivity contribution in [3.63, 3.8) is 0 Å². The van der Waals surface area contributed by atoms with Gasteiger partial charge in [-0.05, 0) is 25.0 Å². The van der Waals surface area contributed by atoms with Crippen LogP contribution in [0.15, 0.2) is 30.3 Å². The lowest BCUT2D eigenvalue weighted by Gasteiger charge is -2.22. The molecular weight excluding hydrogens is 246 g/mol. The summed E-state index contributed by atoms with van der Waals surface area (Å²) in [5.41, 5.74) is 0. The number of ether oxygens (including phenoxy) is 1. The van der Waals surface area contributed by atoms with Gasteiger partial charge in [-0.3, -0.25) is 9.59 Å². The molecule has 0 aliphatic heterocycles. The van der Waals surface area contributed by atoms with E-state index in [-0.39, 0.29) is 5.92 Å². The Kier molecular flexibility index (Phi) is 5.36. The van der Waals surface area contributed by atoms with Crippen LogP contribution in [0.1, 0.15) is 20.8 Å². The van der Waals surface area contributed by atoms with Gasteiger partial charge < -0.3 is 15.2 Å². The van der Waals surface area contributed by atoms with E-state index in [1.54, 1.807) is 12.1 Å². The van der Waals surface area contributed by atoms with E-state index >= 15 is 0 Å². The first-order valence-electron chi connectivity index (χ1n) is 6.16. The molecule has 19 heavy (non-hydrogen) atoms. The maximum atomic E-state index is 12.0. The lowest BCUT2D eigenvalue weighted by atomic mass is 10.1. The third-order valence-corrected chi connectivity index (χ3v) is 2.60. The van der Waals surface area contributed by atoms with Crippen LogP contribution >= 0.6 is 0 Å². The summed E-state index contributed by atoms with van der Waals surface area (Å²) >= 11 is 0. The lowest BCUT2D eigenvalue weighted by molar-refractivity contribution is -0.143. The van der Waals surface area contributed by atoms with Crippen molar-refractivity contribution < 1.29 is 19.4 Å². The third-order valence-electron chi connectivity index (χ3n) is 2.60. The molecular formula is C14H19NO4. The zero-order valence-corrected chi connectivity index (χ0v) is 11.3. The van der Waals surface area contributed by atoms with Crippen molar-refractivity contribution in [3.8, 4) is 5.75 Å². The van der Waals surface area contributed by atoms with E-state index in [2.05, 4.69) is 5.32 Å². The largest absolute Gasteiger partial charge is 0.480 e. The summed E-state index contributed by atoms with van der Waals surface area (Å²) in [6, 6.07) is 8.04. The fraction of sp³-hybridized carbons (Fsp3) is 0.429. The number of amides is 1. The van der Waals surface area contributed by atoms with Gasteiger partial charge in [0.2, 0.25) is 0 Å². The third kappa shape index (κ3) is 4.62. The second-order valence-electron chi connectivity index (χ2n) is 4.66. The van der Waals surface area contributed by atoms with Crippen molar-refractivity contribution in [2.45, 2.75) is 32.9 Å². The SMILES string of the molecule is CC(NC(=O)C(Oc1ccccc1)C(C)C)C(=O)O. The monoisotopic (exact) mass is 265 g/mol. The minimum absolute atomic E-state index is 0.0683. The van der Waals surface area contributed by atoms with E-state index in [1.165, 1.54) is 6.92 Å². The van der Waals surface area contributed by atoms with Gasteiger partial charge in [-0.15, -0.1) is 0 Å². The number of carbonyl (C=O) groups excluding carboxylic acids is 1. The number of hydrogen-bond acceptors (Lipinski definition) is 3. The van der Waals surface area contributed by atoms with Crippen LogP contribution in [0.2, 0.25) is 0 Å². The molecule has 0 fully saturated rings.